The molecule has 0 radical (unpaired) electrons. The number of halogens is 3. The second-order valence-electron chi connectivity index (χ2n) is 4.12. The Morgan fingerprint density at radius 2 is 1.90 bits per heavy atom. The van der Waals surface area contributed by atoms with Gasteiger partial charge in [0.2, 0.25) is 0 Å². The first-order valence-electron chi connectivity index (χ1n) is 5.68. The van der Waals surface area contributed by atoms with Crippen LogP contribution < -0.4 is 11.1 Å². The largest absolute Gasteiger partial charge is 0.399 e. The van der Waals surface area contributed by atoms with E-state index in [1.54, 1.807) is 6.07 Å². The maximum Gasteiger partial charge on any atom is 0.257 e. The predicted octanol–water partition coefficient (Wildman–Crippen LogP) is 4.35. The van der Waals surface area contributed by atoms with Gasteiger partial charge < -0.3 is 11.1 Å². The summed E-state index contributed by atoms with van der Waals surface area (Å²) < 4.78 is 0. The highest BCUT2D eigenvalue weighted by molar-refractivity contribution is 6.44. The van der Waals surface area contributed by atoms with E-state index in [1.165, 1.54) is 24.3 Å². The third-order valence-electron chi connectivity index (χ3n) is 2.65. The number of benzene rings is 2. The summed E-state index contributed by atoms with van der Waals surface area (Å²) in [5, 5.41) is 12.2. The van der Waals surface area contributed by atoms with E-state index in [4.69, 9.17) is 45.8 Å². The molecule has 3 N–H and O–H groups in total. The number of hydrogen-bond acceptors (Lipinski definition) is 3. The lowest BCUT2D eigenvalue weighted by Gasteiger charge is -2.10. The molecule has 2 aromatic carbocycles. The maximum atomic E-state index is 12.3. The molecule has 0 aliphatic heterocycles. The van der Waals surface area contributed by atoms with Crippen molar-refractivity contribution in [2.45, 2.75) is 0 Å². The van der Waals surface area contributed by atoms with E-state index in [1.807, 2.05) is 6.07 Å². The number of nitrogen functional groups attached to an aromatic ring is 1. The van der Waals surface area contributed by atoms with E-state index in [-0.39, 0.29) is 26.9 Å². The van der Waals surface area contributed by atoms with Gasteiger partial charge in [-0.2, -0.15) is 5.26 Å². The maximum absolute atomic E-state index is 12.3. The van der Waals surface area contributed by atoms with Crippen LogP contribution in [0.5, 0.6) is 0 Å². The fourth-order valence-corrected chi connectivity index (χ4v) is 2.28. The highest BCUT2D eigenvalue weighted by Gasteiger charge is 2.16. The molecule has 2 aromatic rings. The zero-order valence-corrected chi connectivity index (χ0v) is 12.7. The van der Waals surface area contributed by atoms with Crippen molar-refractivity contribution in [3.05, 3.63) is 56.5 Å². The van der Waals surface area contributed by atoms with E-state index in [2.05, 4.69) is 5.32 Å². The molecule has 0 aliphatic carbocycles. The Bertz CT molecular complexity index is 769. The summed E-state index contributed by atoms with van der Waals surface area (Å²) in [6, 6.07) is 9.34. The van der Waals surface area contributed by atoms with Crippen LogP contribution in [-0.2, 0) is 0 Å². The smallest absolute Gasteiger partial charge is 0.257 e. The average Bonchev–Trinajstić information content (AvgIpc) is 2.43. The minimum absolute atomic E-state index is 0.0869. The van der Waals surface area contributed by atoms with Crippen LogP contribution in [0.1, 0.15) is 15.9 Å². The van der Waals surface area contributed by atoms with Gasteiger partial charge in [-0.1, -0.05) is 34.8 Å². The number of anilines is 2. The monoisotopic (exact) mass is 339 g/mol. The summed E-state index contributed by atoms with van der Waals surface area (Å²) in [7, 11) is 0. The second kappa shape index (κ2) is 6.23. The quantitative estimate of drug-likeness (QED) is 0.797. The van der Waals surface area contributed by atoms with Crippen LogP contribution in [0, 0.1) is 11.3 Å². The number of nitrogens with two attached hydrogens (primary N) is 1. The minimum atomic E-state index is -0.534. The molecule has 7 heteroatoms. The molecular formula is C14H8Cl3N3O. The molecule has 0 fully saturated rings. The van der Waals surface area contributed by atoms with Gasteiger partial charge in [0.15, 0.2) is 0 Å². The number of nitrogens with one attached hydrogen (secondary N) is 1. The summed E-state index contributed by atoms with van der Waals surface area (Å²) in [6.07, 6.45) is 0. The van der Waals surface area contributed by atoms with Crippen LogP contribution in [0.4, 0.5) is 11.4 Å². The Hall–Kier alpha value is -1.93. The standard InChI is InChI=1S/C14H8Cl3N3O/c15-8-2-1-7(6-18)12(3-8)20-14(21)10-4-9(19)5-11(16)13(10)17/h1-5H,19H2,(H,20,21). The first-order chi connectivity index (χ1) is 9.92. The Morgan fingerprint density at radius 1 is 1.19 bits per heavy atom. The van der Waals surface area contributed by atoms with Gasteiger partial charge in [-0.3, -0.25) is 4.79 Å². The Labute approximate surface area is 136 Å². The summed E-state index contributed by atoms with van der Waals surface area (Å²) in [6.45, 7) is 0. The normalized spacial score (nSPS) is 10.0. The molecule has 2 rings (SSSR count). The van der Waals surface area contributed by atoms with E-state index < -0.39 is 5.91 Å². The fraction of sp³-hybridized carbons (Fsp3) is 0. The van der Waals surface area contributed by atoms with E-state index in [0.29, 0.717) is 10.7 Å². The predicted molar refractivity (Wildman–Crippen MR) is 85.0 cm³/mol. The summed E-state index contributed by atoms with van der Waals surface area (Å²) >= 11 is 17.7. The molecule has 0 aromatic heterocycles. The van der Waals surface area contributed by atoms with Crippen LogP contribution in [0.25, 0.3) is 0 Å². The molecular weight excluding hydrogens is 333 g/mol. The number of hydrogen-bond donors (Lipinski definition) is 2. The summed E-state index contributed by atoms with van der Waals surface area (Å²) in [5.74, 6) is -0.534. The molecule has 0 heterocycles. The highest BCUT2D eigenvalue weighted by atomic mass is 35.5. The molecule has 0 atom stereocenters. The molecule has 0 bridgehead atoms. The molecule has 1 amide bonds. The van der Waals surface area contributed by atoms with Gasteiger partial charge in [-0.25, -0.2) is 0 Å². The Balaban J connectivity index is 2.40. The van der Waals surface area contributed by atoms with Crippen molar-refractivity contribution in [2.24, 2.45) is 0 Å². The number of nitriles is 1. The van der Waals surface area contributed by atoms with Crippen LogP contribution in [0.3, 0.4) is 0 Å². The molecule has 0 aliphatic rings. The van der Waals surface area contributed by atoms with Gasteiger partial charge in [0.1, 0.15) is 6.07 Å². The Morgan fingerprint density at radius 3 is 2.57 bits per heavy atom. The molecule has 21 heavy (non-hydrogen) atoms. The number of amides is 1. The van der Waals surface area contributed by atoms with Gasteiger partial charge in [-0.15, -0.1) is 0 Å². The number of nitrogens with zero attached hydrogens (tertiary/aromatic N) is 1. The lowest BCUT2D eigenvalue weighted by molar-refractivity contribution is 0.102. The molecule has 0 saturated heterocycles. The third-order valence-corrected chi connectivity index (χ3v) is 3.68. The van der Waals surface area contributed by atoms with Crippen molar-refractivity contribution in [3.8, 4) is 6.07 Å². The molecule has 0 unspecified atom stereocenters. The van der Waals surface area contributed by atoms with Gasteiger partial charge in [0.05, 0.1) is 26.9 Å². The van der Waals surface area contributed by atoms with Crippen LogP contribution >= 0.6 is 34.8 Å². The zero-order chi connectivity index (χ0) is 15.6. The van der Waals surface area contributed by atoms with E-state index in [9.17, 15) is 4.79 Å². The third kappa shape index (κ3) is 3.40. The SMILES string of the molecule is N#Cc1ccc(Cl)cc1NC(=O)c1cc(N)cc(Cl)c1Cl. The molecule has 106 valence electrons. The lowest BCUT2D eigenvalue weighted by Crippen LogP contribution is -2.14. The topological polar surface area (TPSA) is 78.9 Å². The first-order valence-corrected chi connectivity index (χ1v) is 6.81. The van der Waals surface area contributed by atoms with Crippen LogP contribution in [-0.4, -0.2) is 5.91 Å². The van der Waals surface area contributed by atoms with Gasteiger partial charge >= 0.3 is 0 Å². The number of carbonyl (C=O) groups excluding carboxylic acids is 1. The molecule has 0 saturated carbocycles. The lowest BCUT2D eigenvalue weighted by atomic mass is 10.1. The van der Waals surface area contributed by atoms with Gasteiger partial charge in [0.25, 0.3) is 5.91 Å². The van der Waals surface area contributed by atoms with Gasteiger partial charge in [0, 0.05) is 10.7 Å². The highest BCUT2D eigenvalue weighted by Crippen LogP contribution is 2.30. The van der Waals surface area contributed by atoms with Crippen molar-refractivity contribution in [2.75, 3.05) is 11.1 Å². The summed E-state index contributed by atoms with van der Waals surface area (Å²) in [4.78, 5) is 12.3. The van der Waals surface area contributed by atoms with E-state index >= 15 is 0 Å². The van der Waals surface area contributed by atoms with E-state index in [0.717, 1.165) is 0 Å². The number of carbonyl (C=O) groups is 1. The minimum Gasteiger partial charge on any atom is -0.399 e. The first kappa shape index (κ1) is 15.5. The van der Waals surface area contributed by atoms with Crippen molar-refractivity contribution in [1.29, 1.82) is 5.26 Å². The van der Waals surface area contributed by atoms with Crippen molar-refractivity contribution >= 4 is 52.1 Å². The van der Waals surface area contributed by atoms with Gasteiger partial charge in [-0.05, 0) is 30.3 Å². The molecule has 0 spiro atoms. The fourth-order valence-electron chi connectivity index (χ4n) is 1.68. The summed E-state index contributed by atoms with van der Waals surface area (Å²) in [5.41, 5.74) is 6.62. The second-order valence-corrected chi connectivity index (χ2v) is 5.34. The average molecular weight is 341 g/mol. The van der Waals surface area contributed by atoms with Crippen molar-refractivity contribution in [3.63, 3.8) is 0 Å². The van der Waals surface area contributed by atoms with Crippen molar-refractivity contribution in [1.82, 2.24) is 0 Å². The Kier molecular flexibility index (Phi) is 4.59. The van der Waals surface area contributed by atoms with Crippen molar-refractivity contribution < 1.29 is 4.79 Å². The van der Waals surface area contributed by atoms with Crippen LogP contribution in [0.15, 0.2) is 30.3 Å². The number of rotatable bonds is 2. The molecule has 4 nitrogen and oxygen atoms in total. The zero-order valence-electron chi connectivity index (χ0n) is 10.5. The van der Waals surface area contributed by atoms with Crippen LogP contribution in [0.2, 0.25) is 15.1 Å².